The second-order valence-electron chi connectivity index (χ2n) is 7.91. The number of rotatable bonds is 2. The van der Waals surface area contributed by atoms with Gasteiger partial charge in [-0.1, -0.05) is 29.8 Å². The van der Waals surface area contributed by atoms with Crippen LogP contribution in [-0.2, 0) is 10.3 Å². The smallest absolute Gasteiger partial charge is 0.339 e. The second kappa shape index (κ2) is 5.34. The first kappa shape index (κ1) is 15.0. The summed E-state index contributed by atoms with van der Waals surface area (Å²) in [6.07, 6.45) is 9.36. The zero-order chi connectivity index (χ0) is 16.3. The van der Waals surface area contributed by atoms with Gasteiger partial charge in [0, 0.05) is 43.1 Å². The molecule has 126 valence electrons. The van der Waals surface area contributed by atoms with Crippen molar-refractivity contribution in [2.45, 2.75) is 31.3 Å². The van der Waals surface area contributed by atoms with Crippen LogP contribution in [-0.4, -0.2) is 30.5 Å². The number of ether oxygens (including phenoxy) is 1. The fourth-order valence-corrected chi connectivity index (χ4v) is 5.45. The molecule has 2 heterocycles. The molecule has 1 saturated carbocycles. The molecule has 0 amide bonds. The summed E-state index contributed by atoms with van der Waals surface area (Å²) in [7, 11) is 0. The lowest BCUT2D eigenvalue weighted by molar-refractivity contribution is -0.0450. The number of hydrogen-bond donors (Lipinski definition) is 0. The first-order chi connectivity index (χ1) is 11.6. The van der Waals surface area contributed by atoms with Crippen LogP contribution in [0.3, 0.4) is 0 Å². The molecule has 2 bridgehead atoms. The van der Waals surface area contributed by atoms with Crippen molar-refractivity contribution < 1.29 is 9.53 Å². The van der Waals surface area contributed by atoms with Gasteiger partial charge in [0.2, 0.25) is 0 Å². The van der Waals surface area contributed by atoms with Crippen LogP contribution in [0, 0.1) is 17.8 Å². The average Bonchev–Trinajstić information content (AvgIpc) is 3.25. The van der Waals surface area contributed by atoms with Crippen molar-refractivity contribution in [2.24, 2.45) is 17.8 Å². The molecule has 2 aliphatic carbocycles. The second-order valence-corrected chi connectivity index (χ2v) is 8.35. The molecule has 0 unspecified atom stereocenters. The van der Waals surface area contributed by atoms with E-state index < -0.39 is 5.60 Å². The van der Waals surface area contributed by atoms with Crippen molar-refractivity contribution in [1.29, 1.82) is 0 Å². The van der Waals surface area contributed by atoms with E-state index in [9.17, 15) is 4.79 Å². The van der Waals surface area contributed by atoms with Crippen LogP contribution >= 0.6 is 11.6 Å². The minimum Gasteiger partial charge on any atom is -0.450 e. The Morgan fingerprint density at radius 3 is 2.75 bits per heavy atom. The maximum Gasteiger partial charge on any atom is 0.339 e. The Morgan fingerprint density at radius 1 is 1.21 bits per heavy atom. The number of piperidine rings is 1. The third-order valence-corrected chi connectivity index (χ3v) is 6.79. The van der Waals surface area contributed by atoms with Gasteiger partial charge in [-0.25, -0.2) is 4.79 Å². The highest BCUT2D eigenvalue weighted by Gasteiger charge is 2.48. The van der Waals surface area contributed by atoms with Crippen molar-refractivity contribution in [3.05, 3.63) is 46.5 Å². The predicted molar refractivity (Wildman–Crippen MR) is 93.1 cm³/mol. The lowest BCUT2D eigenvalue weighted by atomic mass is 9.83. The molecule has 2 aliphatic heterocycles. The fourth-order valence-electron chi connectivity index (χ4n) is 5.27. The van der Waals surface area contributed by atoms with Crippen LogP contribution in [0.15, 0.2) is 30.4 Å². The molecule has 0 aromatic heterocycles. The third-order valence-electron chi connectivity index (χ3n) is 6.55. The Kier molecular flexibility index (Phi) is 3.33. The van der Waals surface area contributed by atoms with Gasteiger partial charge in [0.05, 0.1) is 5.56 Å². The Morgan fingerprint density at radius 2 is 2.04 bits per heavy atom. The third kappa shape index (κ3) is 2.25. The maximum atomic E-state index is 12.2. The predicted octanol–water partition coefficient (Wildman–Crippen LogP) is 4.01. The molecular formula is C20H22ClNO2. The first-order valence-corrected chi connectivity index (χ1v) is 9.45. The molecule has 3 atom stereocenters. The van der Waals surface area contributed by atoms with E-state index >= 15 is 0 Å². The van der Waals surface area contributed by atoms with Crippen LogP contribution < -0.4 is 0 Å². The SMILES string of the molecule is O=C1OC2(CCN(C[C@H]3C[C@H]4C=C[C@@H]3C4)CC2)c2ccc(Cl)cc21. The van der Waals surface area contributed by atoms with Crippen molar-refractivity contribution in [2.75, 3.05) is 19.6 Å². The largest absolute Gasteiger partial charge is 0.450 e. The Balaban J connectivity index is 1.29. The molecule has 4 heteroatoms. The standard InChI is InChI=1S/C20H22ClNO2/c21-16-3-4-18-17(11-16)19(23)24-20(18)5-7-22(8-6-20)12-15-10-13-1-2-14(15)9-13/h1-4,11,13-15H,5-10,12H2/t13-,14+,15+/m0/s1. The van der Waals surface area contributed by atoms with Gasteiger partial charge in [0.15, 0.2) is 0 Å². The zero-order valence-corrected chi connectivity index (χ0v) is 14.5. The van der Waals surface area contributed by atoms with Crippen LogP contribution in [0.2, 0.25) is 5.02 Å². The molecule has 1 aromatic carbocycles. The van der Waals surface area contributed by atoms with E-state index in [1.807, 2.05) is 12.1 Å². The van der Waals surface area contributed by atoms with Gasteiger partial charge < -0.3 is 9.64 Å². The zero-order valence-electron chi connectivity index (χ0n) is 13.7. The number of hydrogen-bond acceptors (Lipinski definition) is 3. The van der Waals surface area contributed by atoms with Gasteiger partial charge in [-0.15, -0.1) is 0 Å². The fraction of sp³-hybridized carbons (Fsp3) is 0.550. The van der Waals surface area contributed by atoms with Gasteiger partial charge in [0.25, 0.3) is 0 Å². The molecule has 0 radical (unpaired) electrons. The molecular weight excluding hydrogens is 322 g/mol. The molecule has 1 spiro atoms. The highest BCUT2D eigenvalue weighted by Crippen LogP contribution is 2.47. The number of fused-ring (bicyclic) bond motifs is 4. The Hall–Kier alpha value is -1.32. The lowest BCUT2D eigenvalue weighted by Crippen LogP contribution is -2.44. The highest BCUT2D eigenvalue weighted by atomic mass is 35.5. The van der Waals surface area contributed by atoms with Crippen molar-refractivity contribution in [3.8, 4) is 0 Å². The number of allylic oxidation sites excluding steroid dienone is 2. The van der Waals surface area contributed by atoms with E-state index in [2.05, 4.69) is 17.1 Å². The average molecular weight is 344 g/mol. The summed E-state index contributed by atoms with van der Waals surface area (Å²) in [5.74, 6) is 2.26. The summed E-state index contributed by atoms with van der Waals surface area (Å²) in [5.41, 5.74) is 1.29. The number of esters is 1. The molecule has 0 N–H and O–H groups in total. The number of benzene rings is 1. The van der Waals surface area contributed by atoms with Gasteiger partial charge in [-0.05, 0) is 42.7 Å². The Labute approximate surface area is 147 Å². The minimum absolute atomic E-state index is 0.209. The van der Waals surface area contributed by atoms with Gasteiger partial charge in [0.1, 0.15) is 5.60 Å². The first-order valence-electron chi connectivity index (χ1n) is 9.07. The summed E-state index contributed by atoms with van der Waals surface area (Å²) >= 11 is 6.04. The minimum atomic E-state index is -0.415. The van der Waals surface area contributed by atoms with Crippen molar-refractivity contribution in [1.82, 2.24) is 4.90 Å². The molecule has 24 heavy (non-hydrogen) atoms. The summed E-state index contributed by atoms with van der Waals surface area (Å²) in [6, 6.07) is 5.61. The number of halogens is 1. The van der Waals surface area contributed by atoms with Crippen LogP contribution in [0.25, 0.3) is 0 Å². The van der Waals surface area contributed by atoms with E-state index in [4.69, 9.17) is 16.3 Å². The summed E-state index contributed by atoms with van der Waals surface area (Å²) < 4.78 is 5.85. The van der Waals surface area contributed by atoms with Gasteiger partial charge in [-0.2, -0.15) is 0 Å². The normalized spacial score (nSPS) is 33.2. The quantitative estimate of drug-likeness (QED) is 0.600. The van der Waals surface area contributed by atoms with Crippen LogP contribution in [0.4, 0.5) is 0 Å². The summed E-state index contributed by atoms with van der Waals surface area (Å²) in [5, 5.41) is 0.601. The molecule has 2 fully saturated rings. The molecule has 1 saturated heterocycles. The highest BCUT2D eigenvalue weighted by molar-refractivity contribution is 6.31. The number of carbonyl (C=O) groups is 1. The van der Waals surface area contributed by atoms with Crippen molar-refractivity contribution >= 4 is 17.6 Å². The Bertz CT molecular complexity index is 720. The molecule has 1 aromatic rings. The summed E-state index contributed by atoms with van der Waals surface area (Å²) in [6.45, 7) is 3.21. The maximum absolute atomic E-state index is 12.2. The molecule has 5 rings (SSSR count). The lowest BCUT2D eigenvalue weighted by Gasteiger charge is -2.40. The van der Waals surface area contributed by atoms with Crippen molar-refractivity contribution in [3.63, 3.8) is 0 Å². The summed E-state index contributed by atoms with van der Waals surface area (Å²) in [4.78, 5) is 14.8. The topological polar surface area (TPSA) is 29.5 Å². The van der Waals surface area contributed by atoms with Crippen LogP contribution in [0.1, 0.15) is 41.6 Å². The van der Waals surface area contributed by atoms with E-state index in [-0.39, 0.29) is 5.97 Å². The monoisotopic (exact) mass is 343 g/mol. The van der Waals surface area contributed by atoms with E-state index in [0.29, 0.717) is 10.6 Å². The van der Waals surface area contributed by atoms with Crippen LogP contribution in [0.5, 0.6) is 0 Å². The van der Waals surface area contributed by atoms with E-state index in [0.717, 1.165) is 49.2 Å². The number of carbonyl (C=O) groups excluding carboxylic acids is 1. The number of likely N-dealkylation sites (tertiary alicyclic amines) is 1. The van der Waals surface area contributed by atoms with Gasteiger partial charge >= 0.3 is 5.97 Å². The van der Waals surface area contributed by atoms with E-state index in [1.165, 1.54) is 19.4 Å². The van der Waals surface area contributed by atoms with E-state index in [1.54, 1.807) is 6.07 Å². The van der Waals surface area contributed by atoms with Gasteiger partial charge in [-0.3, -0.25) is 0 Å². The molecule has 3 nitrogen and oxygen atoms in total. The molecule has 4 aliphatic rings. The number of nitrogens with zero attached hydrogens (tertiary/aromatic N) is 1.